The largest absolute Gasteiger partial charge is 0.493 e. The standard InChI is InChI=1S/C24H21N3O4S2/c1-14-4-9-22(33-14)23(28)27-24(32)26-15-5-7-16(8-6-15)31-19-10-11-25-18-13-21(30-3)20(29-2)12-17(18)19/h4-13H,1-3H3,(H2,26,27,28,32). The summed E-state index contributed by atoms with van der Waals surface area (Å²) in [7, 11) is 3.17. The van der Waals surface area contributed by atoms with E-state index < -0.39 is 0 Å². The number of aryl methyl sites for hydroxylation is 1. The van der Waals surface area contributed by atoms with Crippen molar-refractivity contribution in [3.05, 3.63) is 70.5 Å². The number of aromatic nitrogens is 1. The Morgan fingerprint density at radius 1 is 0.970 bits per heavy atom. The molecule has 7 nitrogen and oxygen atoms in total. The van der Waals surface area contributed by atoms with Crippen molar-refractivity contribution in [2.75, 3.05) is 19.5 Å². The van der Waals surface area contributed by atoms with E-state index in [0.717, 1.165) is 21.5 Å². The summed E-state index contributed by atoms with van der Waals surface area (Å²) < 4.78 is 16.8. The number of carbonyl (C=O) groups is 1. The normalized spacial score (nSPS) is 10.5. The molecule has 168 valence electrons. The van der Waals surface area contributed by atoms with Crippen LogP contribution in [0.5, 0.6) is 23.0 Å². The van der Waals surface area contributed by atoms with Crippen LogP contribution in [0.25, 0.3) is 10.9 Å². The van der Waals surface area contributed by atoms with Crippen molar-refractivity contribution < 1.29 is 19.0 Å². The SMILES string of the molecule is COc1cc2nccc(Oc3ccc(NC(=S)NC(=O)c4ccc(C)s4)cc3)c2cc1OC. The minimum absolute atomic E-state index is 0.223. The molecule has 0 aliphatic rings. The highest BCUT2D eigenvalue weighted by Crippen LogP contribution is 2.37. The lowest BCUT2D eigenvalue weighted by Crippen LogP contribution is -2.33. The Hall–Kier alpha value is -3.69. The van der Waals surface area contributed by atoms with Gasteiger partial charge in [-0.1, -0.05) is 0 Å². The molecule has 0 spiro atoms. The first-order valence-electron chi connectivity index (χ1n) is 9.94. The number of rotatable bonds is 6. The number of methoxy groups -OCH3 is 2. The molecule has 2 heterocycles. The molecule has 2 N–H and O–H groups in total. The molecular formula is C24H21N3O4S2. The van der Waals surface area contributed by atoms with Crippen LogP contribution >= 0.6 is 23.6 Å². The van der Waals surface area contributed by atoms with Crippen molar-refractivity contribution >= 4 is 51.2 Å². The quantitative estimate of drug-likeness (QED) is 0.351. The van der Waals surface area contributed by atoms with Crippen LogP contribution in [0, 0.1) is 6.92 Å². The van der Waals surface area contributed by atoms with E-state index in [1.54, 1.807) is 38.6 Å². The molecule has 33 heavy (non-hydrogen) atoms. The van der Waals surface area contributed by atoms with Gasteiger partial charge in [0.05, 0.1) is 24.6 Å². The molecule has 2 aromatic carbocycles. The molecule has 4 aromatic rings. The average molecular weight is 480 g/mol. The van der Waals surface area contributed by atoms with E-state index in [2.05, 4.69) is 15.6 Å². The fourth-order valence-corrected chi connectivity index (χ4v) is 4.13. The number of pyridine rings is 1. The van der Waals surface area contributed by atoms with Gasteiger partial charge in [0.15, 0.2) is 16.6 Å². The third-order valence-corrected chi connectivity index (χ3v) is 5.94. The zero-order valence-electron chi connectivity index (χ0n) is 18.2. The van der Waals surface area contributed by atoms with Gasteiger partial charge in [-0.15, -0.1) is 11.3 Å². The van der Waals surface area contributed by atoms with Gasteiger partial charge in [0, 0.05) is 28.2 Å². The van der Waals surface area contributed by atoms with Gasteiger partial charge in [0.25, 0.3) is 5.91 Å². The van der Waals surface area contributed by atoms with Gasteiger partial charge in [0.2, 0.25) is 0 Å². The Balaban J connectivity index is 1.45. The van der Waals surface area contributed by atoms with E-state index in [9.17, 15) is 4.79 Å². The van der Waals surface area contributed by atoms with Crippen molar-refractivity contribution in [2.24, 2.45) is 0 Å². The summed E-state index contributed by atoms with van der Waals surface area (Å²) in [5, 5.41) is 6.71. The van der Waals surface area contributed by atoms with E-state index in [1.807, 2.05) is 43.3 Å². The summed E-state index contributed by atoms with van der Waals surface area (Å²) in [6.07, 6.45) is 1.68. The van der Waals surface area contributed by atoms with E-state index in [1.165, 1.54) is 11.3 Å². The molecule has 0 fully saturated rings. The van der Waals surface area contributed by atoms with Crippen LogP contribution < -0.4 is 24.8 Å². The third kappa shape index (κ3) is 5.21. The van der Waals surface area contributed by atoms with Crippen LogP contribution in [0.15, 0.2) is 60.8 Å². The minimum Gasteiger partial charge on any atom is -0.493 e. The third-order valence-electron chi connectivity index (χ3n) is 4.74. The zero-order chi connectivity index (χ0) is 23.4. The number of hydrogen-bond donors (Lipinski definition) is 2. The van der Waals surface area contributed by atoms with E-state index in [0.29, 0.717) is 27.9 Å². The molecule has 4 rings (SSSR count). The van der Waals surface area contributed by atoms with E-state index >= 15 is 0 Å². The summed E-state index contributed by atoms with van der Waals surface area (Å²) in [4.78, 5) is 18.3. The number of anilines is 1. The number of ether oxygens (including phenoxy) is 3. The van der Waals surface area contributed by atoms with Gasteiger partial charge in [-0.2, -0.15) is 0 Å². The van der Waals surface area contributed by atoms with Crippen molar-refractivity contribution in [3.8, 4) is 23.0 Å². The summed E-state index contributed by atoms with van der Waals surface area (Å²) in [6, 6.07) is 16.4. The first-order chi connectivity index (χ1) is 16.0. The van der Waals surface area contributed by atoms with Crippen LogP contribution in [0.3, 0.4) is 0 Å². The van der Waals surface area contributed by atoms with Crippen LogP contribution in [0.1, 0.15) is 14.5 Å². The fraction of sp³-hybridized carbons (Fsp3) is 0.125. The Morgan fingerprint density at radius 2 is 1.70 bits per heavy atom. The number of nitrogens with one attached hydrogen (secondary N) is 2. The molecule has 0 aliphatic carbocycles. The highest BCUT2D eigenvalue weighted by Gasteiger charge is 2.12. The summed E-state index contributed by atoms with van der Waals surface area (Å²) >= 11 is 6.67. The maximum atomic E-state index is 12.2. The molecule has 0 unspecified atom stereocenters. The molecule has 9 heteroatoms. The van der Waals surface area contributed by atoms with Gasteiger partial charge < -0.3 is 19.5 Å². The average Bonchev–Trinajstić information content (AvgIpc) is 3.26. The highest BCUT2D eigenvalue weighted by molar-refractivity contribution is 7.80. The predicted molar refractivity (Wildman–Crippen MR) is 134 cm³/mol. The van der Waals surface area contributed by atoms with E-state index in [4.69, 9.17) is 26.4 Å². The lowest BCUT2D eigenvalue weighted by Gasteiger charge is -2.13. The number of thiocarbonyl (C=S) groups is 1. The number of thiophene rings is 1. The van der Waals surface area contributed by atoms with Gasteiger partial charge >= 0.3 is 0 Å². The molecule has 2 aromatic heterocycles. The van der Waals surface area contributed by atoms with Crippen LogP contribution in [-0.4, -0.2) is 30.2 Å². The number of benzene rings is 2. The number of nitrogens with zero attached hydrogens (tertiary/aromatic N) is 1. The van der Waals surface area contributed by atoms with Crippen LogP contribution in [0.4, 0.5) is 5.69 Å². The van der Waals surface area contributed by atoms with Crippen molar-refractivity contribution in [1.82, 2.24) is 10.3 Å². The Kier molecular flexibility index (Phi) is 6.71. The van der Waals surface area contributed by atoms with Gasteiger partial charge in [-0.05, 0) is 67.7 Å². The Morgan fingerprint density at radius 3 is 2.36 bits per heavy atom. The summed E-state index contributed by atoms with van der Waals surface area (Å²) in [6.45, 7) is 1.95. The zero-order valence-corrected chi connectivity index (χ0v) is 19.8. The van der Waals surface area contributed by atoms with Crippen molar-refractivity contribution in [1.29, 1.82) is 0 Å². The van der Waals surface area contributed by atoms with Crippen LogP contribution in [0.2, 0.25) is 0 Å². The number of amides is 1. The van der Waals surface area contributed by atoms with Crippen molar-refractivity contribution in [2.45, 2.75) is 6.92 Å². The van der Waals surface area contributed by atoms with Crippen LogP contribution in [-0.2, 0) is 0 Å². The van der Waals surface area contributed by atoms with E-state index in [-0.39, 0.29) is 11.0 Å². The molecule has 1 amide bonds. The first-order valence-corrected chi connectivity index (χ1v) is 11.2. The minimum atomic E-state index is -0.234. The second-order valence-electron chi connectivity index (χ2n) is 6.98. The number of carbonyl (C=O) groups excluding carboxylic acids is 1. The second-order valence-corrected chi connectivity index (χ2v) is 8.67. The first kappa shape index (κ1) is 22.5. The summed E-state index contributed by atoms with van der Waals surface area (Å²) in [5.74, 6) is 2.22. The highest BCUT2D eigenvalue weighted by atomic mass is 32.1. The van der Waals surface area contributed by atoms with Gasteiger partial charge in [0.1, 0.15) is 11.5 Å². The second kappa shape index (κ2) is 9.85. The molecule has 0 bridgehead atoms. The molecule has 0 saturated heterocycles. The van der Waals surface area contributed by atoms with Crippen molar-refractivity contribution in [3.63, 3.8) is 0 Å². The maximum absolute atomic E-state index is 12.2. The molecular weight excluding hydrogens is 458 g/mol. The van der Waals surface area contributed by atoms with Gasteiger partial charge in [-0.25, -0.2) is 0 Å². The lowest BCUT2D eigenvalue weighted by atomic mass is 10.2. The Bertz CT molecular complexity index is 1320. The predicted octanol–water partition coefficient (Wildman–Crippen LogP) is 5.54. The molecule has 0 saturated carbocycles. The molecule has 0 aliphatic heterocycles. The topological polar surface area (TPSA) is 81.7 Å². The smallest absolute Gasteiger partial charge is 0.267 e. The molecule has 0 radical (unpaired) electrons. The fourth-order valence-electron chi connectivity index (χ4n) is 3.15. The van der Waals surface area contributed by atoms with Gasteiger partial charge in [-0.3, -0.25) is 15.1 Å². The Labute approximate surface area is 200 Å². The lowest BCUT2D eigenvalue weighted by molar-refractivity contribution is 0.0981. The summed E-state index contributed by atoms with van der Waals surface area (Å²) in [5.41, 5.74) is 1.45. The number of fused-ring (bicyclic) bond motifs is 1. The monoisotopic (exact) mass is 479 g/mol. The molecule has 0 atom stereocenters. The maximum Gasteiger partial charge on any atom is 0.267 e. The number of hydrogen-bond acceptors (Lipinski definition) is 7.